The zero-order valence-corrected chi connectivity index (χ0v) is 13.0. The number of nitrogens with two attached hydrogens (primary N) is 1. The first-order chi connectivity index (χ1) is 9.96. The fourth-order valence-corrected chi connectivity index (χ4v) is 2.99. The van der Waals surface area contributed by atoms with Crippen molar-refractivity contribution < 1.29 is 9.21 Å². The summed E-state index contributed by atoms with van der Waals surface area (Å²) in [5.74, 6) is 0.553. The molecule has 1 aromatic carbocycles. The predicted molar refractivity (Wildman–Crippen MR) is 83.6 cm³/mol. The van der Waals surface area contributed by atoms with E-state index in [0.717, 1.165) is 23.8 Å². The molecule has 0 aliphatic heterocycles. The van der Waals surface area contributed by atoms with E-state index in [0.29, 0.717) is 28.8 Å². The fraction of sp³-hybridized carbons (Fsp3) is 0.438. The maximum absolute atomic E-state index is 12.5. The molecule has 1 saturated carbocycles. The summed E-state index contributed by atoms with van der Waals surface area (Å²) in [6, 6.07) is 5.51. The summed E-state index contributed by atoms with van der Waals surface area (Å²) in [5, 5.41) is 4.42. The topological polar surface area (TPSA) is 68.3 Å². The van der Waals surface area contributed by atoms with Crippen molar-refractivity contribution in [2.24, 2.45) is 11.7 Å². The van der Waals surface area contributed by atoms with Crippen LogP contribution in [0.4, 0.5) is 0 Å². The van der Waals surface area contributed by atoms with Crippen LogP contribution in [0.2, 0.25) is 5.02 Å². The number of furan rings is 1. The van der Waals surface area contributed by atoms with E-state index in [1.54, 1.807) is 6.07 Å². The van der Waals surface area contributed by atoms with Crippen LogP contribution >= 0.6 is 11.6 Å². The van der Waals surface area contributed by atoms with Gasteiger partial charge in [-0.2, -0.15) is 0 Å². The average Bonchev–Trinajstić information content (AvgIpc) is 3.25. The van der Waals surface area contributed by atoms with Crippen LogP contribution < -0.4 is 11.1 Å². The molecule has 3 rings (SSSR count). The van der Waals surface area contributed by atoms with E-state index in [2.05, 4.69) is 5.32 Å². The highest BCUT2D eigenvalue weighted by Crippen LogP contribution is 2.39. The number of fused-ring (bicyclic) bond motifs is 1. The summed E-state index contributed by atoms with van der Waals surface area (Å²) >= 11 is 6.12. The van der Waals surface area contributed by atoms with Gasteiger partial charge in [0.1, 0.15) is 0 Å². The van der Waals surface area contributed by atoms with Crippen LogP contribution in [0.3, 0.4) is 0 Å². The van der Waals surface area contributed by atoms with Gasteiger partial charge in [0.15, 0.2) is 11.3 Å². The molecular formula is C16H19ClN2O2. The van der Waals surface area contributed by atoms with E-state index in [4.69, 9.17) is 21.8 Å². The average molecular weight is 307 g/mol. The maximum atomic E-state index is 12.5. The number of nitrogens with one attached hydrogen (secondary N) is 1. The maximum Gasteiger partial charge on any atom is 0.287 e. The summed E-state index contributed by atoms with van der Waals surface area (Å²) in [7, 11) is 0. The van der Waals surface area contributed by atoms with Gasteiger partial charge in [-0.25, -0.2) is 0 Å². The van der Waals surface area contributed by atoms with E-state index in [9.17, 15) is 4.79 Å². The molecule has 5 heteroatoms. The highest BCUT2D eigenvalue weighted by atomic mass is 35.5. The molecule has 0 bridgehead atoms. The van der Waals surface area contributed by atoms with E-state index in [1.807, 2.05) is 26.0 Å². The standard InChI is InChI=1S/C16H19ClN2O2/c1-9-11-4-3-5-12(17)14(11)21-13(9)15(20)19-16(2,8-18)10-6-7-10/h3-5,10H,6-8,18H2,1-2H3,(H,19,20). The molecule has 1 aliphatic rings. The van der Waals surface area contributed by atoms with Crippen LogP contribution in [-0.4, -0.2) is 18.0 Å². The van der Waals surface area contributed by atoms with Crippen LogP contribution in [0.1, 0.15) is 35.9 Å². The van der Waals surface area contributed by atoms with Gasteiger partial charge in [0.25, 0.3) is 5.91 Å². The van der Waals surface area contributed by atoms with Crippen molar-refractivity contribution in [3.8, 4) is 0 Å². The van der Waals surface area contributed by atoms with Gasteiger partial charge in [-0.3, -0.25) is 4.79 Å². The van der Waals surface area contributed by atoms with Crippen LogP contribution in [-0.2, 0) is 0 Å². The lowest BCUT2D eigenvalue weighted by Crippen LogP contribution is -2.53. The molecule has 4 nitrogen and oxygen atoms in total. The third-order valence-electron chi connectivity index (χ3n) is 4.42. The van der Waals surface area contributed by atoms with Gasteiger partial charge in [-0.1, -0.05) is 23.7 Å². The fourth-order valence-electron chi connectivity index (χ4n) is 2.78. The van der Waals surface area contributed by atoms with Crippen LogP contribution in [0.5, 0.6) is 0 Å². The Kier molecular flexibility index (Phi) is 3.46. The molecule has 112 valence electrons. The lowest BCUT2D eigenvalue weighted by Gasteiger charge is -2.29. The van der Waals surface area contributed by atoms with Gasteiger partial charge in [-0.15, -0.1) is 0 Å². The van der Waals surface area contributed by atoms with Crippen LogP contribution in [0, 0.1) is 12.8 Å². The molecular weight excluding hydrogens is 288 g/mol. The highest BCUT2D eigenvalue weighted by Gasteiger charge is 2.42. The molecule has 1 unspecified atom stereocenters. The van der Waals surface area contributed by atoms with Gasteiger partial charge >= 0.3 is 0 Å². The first-order valence-electron chi connectivity index (χ1n) is 7.16. The number of amides is 1. The number of benzene rings is 1. The van der Waals surface area contributed by atoms with Gasteiger partial charge < -0.3 is 15.5 Å². The summed E-state index contributed by atoms with van der Waals surface area (Å²) in [6.07, 6.45) is 2.22. The second-order valence-electron chi connectivity index (χ2n) is 6.02. The molecule has 0 spiro atoms. The molecule has 1 aromatic heterocycles. The summed E-state index contributed by atoms with van der Waals surface area (Å²) in [5.41, 5.74) is 6.84. The summed E-state index contributed by atoms with van der Waals surface area (Å²) < 4.78 is 5.70. The van der Waals surface area contributed by atoms with Gasteiger partial charge in [-0.05, 0) is 38.7 Å². The van der Waals surface area contributed by atoms with Crippen molar-refractivity contribution in [2.75, 3.05) is 6.54 Å². The number of aryl methyl sites for hydroxylation is 1. The first kappa shape index (κ1) is 14.4. The zero-order valence-electron chi connectivity index (χ0n) is 12.2. The van der Waals surface area contributed by atoms with E-state index in [-0.39, 0.29) is 11.4 Å². The van der Waals surface area contributed by atoms with Gasteiger partial charge in [0.2, 0.25) is 0 Å². The largest absolute Gasteiger partial charge is 0.449 e. The number of carbonyl (C=O) groups excluding carboxylic acids is 1. The van der Waals surface area contributed by atoms with Crippen molar-refractivity contribution >= 4 is 28.5 Å². The second-order valence-corrected chi connectivity index (χ2v) is 6.43. The molecule has 0 saturated heterocycles. The van der Waals surface area contributed by atoms with Crippen molar-refractivity contribution in [3.63, 3.8) is 0 Å². The second kappa shape index (κ2) is 5.04. The van der Waals surface area contributed by atoms with Gasteiger partial charge in [0.05, 0.1) is 10.6 Å². The van der Waals surface area contributed by atoms with Crippen LogP contribution in [0.25, 0.3) is 11.0 Å². The number of para-hydroxylation sites is 1. The van der Waals surface area contributed by atoms with Crippen molar-refractivity contribution in [1.29, 1.82) is 0 Å². The first-order valence-corrected chi connectivity index (χ1v) is 7.54. The number of carbonyl (C=O) groups is 1. The Labute approximate surface area is 128 Å². The molecule has 2 aromatic rings. The number of halogens is 1. The Bertz CT molecular complexity index is 706. The SMILES string of the molecule is Cc1c(C(=O)NC(C)(CN)C2CC2)oc2c(Cl)cccc12. The summed E-state index contributed by atoms with van der Waals surface area (Å²) in [6.45, 7) is 4.28. The lowest BCUT2D eigenvalue weighted by molar-refractivity contribution is 0.0870. The van der Waals surface area contributed by atoms with Crippen molar-refractivity contribution in [3.05, 3.63) is 34.5 Å². The monoisotopic (exact) mass is 306 g/mol. The highest BCUT2D eigenvalue weighted by molar-refractivity contribution is 6.35. The molecule has 1 aliphatic carbocycles. The minimum atomic E-state index is -0.369. The minimum Gasteiger partial charge on any atom is -0.449 e. The molecule has 1 fully saturated rings. The molecule has 3 N–H and O–H groups in total. The predicted octanol–water partition coefficient (Wildman–Crippen LogP) is 3.25. The molecule has 21 heavy (non-hydrogen) atoms. The zero-order chi connectivity index (χ0) is 15.2. The van der Waals surface area contributed by atoms with E-state index in [1.165, 1.54) is 0 Å². The van der Waals surface area contributed by atoms with E-state index < -0.39 is 0 Å². The normalized spacial score (nSPS) is 17.7. The Morgan fingerprint density at radius 3 is 2.81 bits per heavy atom. The third kappa shape index (κ3) is 2.43. The van der Waals surface area contributed by atoms with Gasteiger partial charge in [0, 0.05) is 17.5 Å². The number of rotatable bonds is 4. The molecule has 0 radical (unpaired) electrons. The van der Waals surface area contributed by atoms with E-state index >= 15 is 0 Å². The third-order valence-corrected chi connectivity index (χ3v) is 4.72. The van der Waals surface area contributed by atoms with Crippen LogP contribution in [0.15, 0.2) is 22.6 Å². The number of hydrogen-bond acceptors (Lipinski definition) is 3. The van der Waals surface area contributed by atoms with Crippen molar-refractivity contribution in [2.45, 2.75) is 32.2 Å². The number of hydrogen-bond donors (Lipinski definition) is 2. The molecule has 1 atom stereocenters. The Hall–Kier alpha value is -1.52. The van der Waals surface area contributed by atoms with Crippen molar-refractivity contribution in [1.82, 2.24) is 5.32 Å². The Morgan fingerprint density at radius 2 is 2.24 bits per heavy atom. The molecule has 1 heterocycles. The minimum absolute atomic E-state index is 0.223. The smallest absolute Gasteiger partial charge is 0.287 e. The lowest BCUT2D eigenvalue weighted by atomic mass is 9.95. The summed E-state index contributed by atoms with van der Waals surface area (Å²) in [4.78, 5) is 12.5. The molecule has 1 amide bonds. The quantitative estimate of drug-likeness (QED) is 0.911. The Morgan fingerprint density at radius 1 is 1.52 bits per heavy atom. The Balaban J connectivity index is 1.95.